The molecule has 0 aromatic heterocycles. The van der Waals surface area contributed by atoms with Crippen molar-refractivity contribution in [3.8, 4) is 0 Å². The van der Waals surface area contributed by atoms with Crippen LogP contribution in [0.1, 0.15) is 213 Å². The van der Waals surface area contributed by atoms with Crippen molar-refractivity contribution in [2.75, 3.05) is 26.4 Å². The van der Waals surface area contributed by atoms with Crippen molar-refractivity contribution in [3.05, 3.63) is 60.8 Å². The molecule has 0 spiro atoms. The van der Waals surface area contributed by atoms with Crippen LogP contribution in [0.2, 0.25) is 0 Å². The summed E-state index contributed by atoms with van der Waals surface area (Å²) in [6, 6.07) is 0. The van der Waals surface area contributed by atoms with E-state index < -0.39 is 43.4 Å². The normalized spacial score (nSPS) is 20.1. The minimum absolute atomic E-state index is 0.121. The van der Waals surface area contributed by atoms with Crippen molar-refractivity contribution in [1.29, 1.82) is 0 Å². The van der Waals surface area contributed by atoms with E-state index in [0.717, 1.165) is 64.2 Å². The Morgan fingerprint density at radius 1 is 0.508 bits per heavy atom. The average Bonchev–Trinajstić information content (AvgIpc) is 3.28. The molecule has 4 N–H and O–H groups in total. The Morgan fingerprint density at radius 2 is 0.937 bits per heavy atom. The van der Waals surface area contributed by atoms with Crippen LogP contribution in [0.4, 0.5) is 0 Å². The van der Waals surface area contributed by atoms with Gasteiger partial charge >= 0.3 is 5.97 Å². The van der Waals surface area contributed by atoms with Crippen molar-refractivity contribution in [2.24, 2.45) is 0 Å². The van der Waals surface area contributed by atoms with Gasteiger partial charge in [0.25, 0.3) is 0 Å². The molecule has 1 heterocycles. The Hall–Kier alpha value is -2.11. The minimum atomic E-state index is -1.54. The van der Waals surface area contributed by atoms with Crippen LogP contribution in [-0.4, -0.2) is 89.6 Å². The summed E-state index contributed by atoms with van der Waals surface area (Å²) in [4.78, 5) is 12.8. The van der Waals surface area contributed by atoms with Gasteiger partial charge in [0.15, 0.2) is 6.29 Å². The first kappa shape index (κ1) is 58.9. The molecule has 0 saturated carbocycles. The van der Waals surface area contributed by atoms with Crippen LogP contribution < -0.4 is 0 Å². The van der Waals surface area contributed by atoms with E-state index in [1.165, 1.54) is 128 Å². The summed E-state index contributed by atoms with van der Waals surface area (Å²) < 4.78 is 22.9. The highest BCUT2D eigenvalue weighted by Gasteiger charge is 2.44. The molecule has 0 amide bonds. The van der Waals surface area contributed by atoms with Gasteiger partial charge in [0.05, 0.1) is 19.8 Å². The number of esters is 1. The number of rotatable bonds is 44. The second kappa shape index (κ2) is 45.1. The molecule has 1 rings (SSSR count). The molecule has 0 aromatic rings. The van der Waals surface area contributed by atoms with E-state index in [1.807, 2.05) is 0 Å². The van der Waals surface area contributed by atoms with E-state index in [-0.39, 0.29) is 19.2 Å². The van der Waals surface area contributed by atoms with Crippen molar-refractivity contribution in [3.63, 3.8) is 0 Å². The summed E-state index contributed by atoms with van der Waals surface area (Å²) in [5, 5.41) is 40.2. The Kier molecular flexibility index (Phi) is 42.1. The number of allylic oxidation sites excluding steroid dienone is 10. The molecule has 6 atom stereocenters. The zero-order valence-electron chi connectivity index (χ0n) is 40.3. The third kappa shape index (κ3) is 35.8. The van der Waals surface area contributed by atoms with Gasteiger partial charge in [-0.3, -0.25) is 4.79 Å². The third-order valence-corrected chi connectivity index (χ3v) is 11.7. The Morgan fingerprint density at radius 3 is 1.43 bits per heavy atom. The zero-order valence-corrected chi connectivity index (χ0v) is 40.3. The van der Waals surface area contributed by atoms with Crippen LogP contribution in [0.15, 0.2) is 60.8 Å². The van der Waals surface area contributed by atoms with E-state index in [9.17, 15) is 25.2 Å². The van der Waals surface area contributed by atoms with Crippen LogP contribution in [-0.2, 0) is 23.7 Å². The van der Waals surface area contributed by atoms with Crippen LogP contribution in [0, 0.1) is 0 Å². The number of ether oxygens (including phenoxy) is 4. The molecule has 9 nitrogen and oxygen atoms in total. The monoisotopic (exact) mass is 889 g/mol. The summed E-state index contributed by atoms with van der Waals surface area (Å²) in [6.07, 6.45) is 51.1. The van der Waals surface area contributed by atoms with E-state index in [2.05, 4.69) is 74.6 Å². The largest absolute Gasteiger partial charge is 0.457 e. The molecule has 366 valence electrons. The maximum Gasteiger partial charge on any atom is 0.306 e. The van der Waals surface area contributed by atoms with Crippen molar-refractivity contribution < 1.29 is 44.2 Å². The highest BCUT2D eigenvalue weighted by atomic mass is 16.7. The molecule has 6 unspecified atom stereocenters. The number of carbonyl (C=O) groups excluding carboxylic acids is 1. The van der Waals surface area contributed by atoms with Crippen LogP contribution >= 0.6 is 0 Å². The van der Waals surface area contributed by atoms with Gasteiger partial charge in [0, 0.05) is 13.0 Å². The van der Waals surface area contributed by atoms with Gasteiger partial charge in [-0.2, -0.15) is 0 Å². The first-order valence-electron chi connectivity index (χ1n) is 25.9. The summed E-state index contributed by atoms with van der Waals surface area (Å²) in [7, 11) is 0. The molecule has 1 aliphatic rings. The van der Waals surface area contributed by atoms with Gasteiger partial charge < -0.3 is 39.4 Å². The summed E-state index contributed by atoms with van der Waals surface area (Å²) in [6.45, 7) is 4.49. The lowest BCUT2D eigenvalue weighted by Crippen LogP contribution is -2.59. The lowest BCUT2D eigenvalue weighted by atomic mass is 9.99. The number of hydrogen-bond donors (Lipinski definition) is 4. The Balaban J connectivity index is 2.19. The molecule has 1 fully saturated rings. The highest BCUT2D eigenvalue weighted by Crippen LogP contribution is 2.23. The van der Waals surface area contributed by atoms with E-state index in [4.69, 9.17) is 18.9 Å². The number of aliphatic hydroxyl groups is 4. The molecule has 0 aromatic carbocycles. The number of aliphatic hydroxyl groups excluding tert-OH is 4. The molecular formula is C54H96O9. The topological polar surface area (TPSA) is 135 Å². The predicted octanol–water partition coefficient (Wildman–Crippen LogP) is 12.6. The fourth-order valence-corrected chi connectivity index (χ4v) is 7.57. The third-order valence-electron chi connectivity index (χ3n) is 11.7. The molecule has 0 aliphatic carbocycles. The molecule has 1 saturated heterocycles. The zero-order chi connectivity index (χ0) is 45.7. The standard InChI is InChI=1S/C54H96O9/c1-3-5-7-9-11-13-15-17-19-20-21-22-23-24-25-26-27-28-29-31-33-35-37-39-41-43-50(56)62-48(47-61-54-53(59)52(58)51(57)49(45-55)63-54)46-60-44-42-40-38-36-34-32-30-18-16-14-12-10-8-6-4-2/h10,12,15-18,20-21,23-24,48-49,51-55,57-59H,3-9,11,13-14,19,22,25-47H2,1-2H3/b12-10-,17-15-,18-16-,21-20-,24-23-. The van der Waals surface area contributed by atoms with E-state index in [0.29, 0.717) is 13.0 Å². The van der Waals surface area contributed by atoms with Gasteiger partial charge in [-0.15, -0.1) is 0 Å². The second-order valence-electron chi connectivity index (χ2n) is 17.6. The minimum Gasteiger partial charge on any atom is -0.457 e. The summed E-state index contributed by atoms with van der Waals surface area (Å²) >= 11 is 0. The number of carbonyl (C=O) groups is 1. The second-order valence-corrected chi connectivity index (χ2v) is 17.6. The number of unbranched alkanes of at least 4 members (excludes halogenated alkanes) is 23. The lowest BCUT2D eigenvalue weighted by molar-refractivity contribution is -0.305. The van der Waals surface area contributed by atoms with Gasteiger partial charge in [-0.1, -0.05) is 190 Å². The molecule has 9 heteroatoms. The predicted molar refractivity (Wildman–Crippen MR) is 261 cm³/mol. The molecule has 0 bridgehead atoms. The van der Waals surface area contributed by atoms with Crippen molar-refractivity contribution in [1.82, 2.24) is 0 Å². The fourth-order valence-electron chi connectivity index (χ4n) is 7.57. The van der Waals surface area contributed by atoms with Crippen LogP contribution in [0.25, 0.3) is 0 Å². The van der Waals surface area contributed by atoms with E-state index in [1.54, 1.807) is 0 Å². The summed E-state index contributed by atoms with van der Waals surface area (Å²) in [5.74, 6) is -0.322. The van der Waals surface area contributed by atoms with Crippen molar-refractivity contribution in [2.45, 2.75) is 250 Å². The van der Waals surface area contributed by atoms with E-state index >= 15 is 0 Å². The molecular weight excluding hydrogens is 793 g/mol. The fraction of sp³-hybridized carbons (Fsp3) is 0.796. The average molecular weight is 889 g/mol. The maximum absolute atomic E-state index is 12.8. The lowest BCUT2D eigenvalue weighted by Gasteiger charge is -2.39. The van der Waals surface area contributed by atoms with Crippen LogP contribution in [0.5, 0.6) is 0 Å². The van der Waals surface area contributed by atoms with Gasteiger partial charge in [0.1, 0.15) is 30.5 Å². The van der Waals surface area contributed by atoms with Gasteiger partial charge in [0.2, 0.25) is 0 Å². The quantitative estimate of drug-likeness (QED) is 0.0268. The maximum atomic E-state index is 12.8. The Labute approximate surface area is 385 Å². The van der Waals surface area contributed by atoms with Gasteiger partial charge in [-0.25, -0.2) is 0 Å². The van der Waals surface area contributed by atoms with Gasteiger partial charge in [-0.05, 0) is 77.0 Å². The number of hydrogen-bond acceptors (Lipinski definition) is 9. The van der Waals surface area contributed by atoms with Crippen LogP contribution in [0.3, 0.4) is 0 Å². The first-order chi connectivity index (χ1) is 30.9. The Bertz CT molecular complexity index is 1150. The molecule has 0 radical (unpaired) electrons. The highest BCUT2D eigenvalue weighted by molar-refractivity contribution is 5.69. The SMILES string of the molecule is CCCC/C=C\C/C=C\CCCCCCCCOCC(COC1OC(CO)C(O)C(O)C1O)OC(=O)CCCCCCCCCCCC/C=C\C/C=C\C/C=C\CCCCCCC. The molecule has 1 aliphatic heterocycles. The first-order valence-corrected chi connectivity index (χ1v) is 25.9. The summed E-state index contributed by atoms with van der Waals surface area (Å²) in [5.41, 5.74) is 0. The smallest absolute Gasteiger partial charge is 0.306 e. The van der Waals surface area contributed by atoms with Crippen molar-refractivity contribution >= 4 is 5.97 Å². The molecule has 63 heavy (non-hydrogen) atoms.